The van der Waals surface area contributed by atoms with Gasteiger partial charge >= 0.3 is 5.97 Å². The first-order valence-electron chi connectivity index (χ1n) is 9.48. The van der Waals surface area contributed by atoms with Crippen LogP contribution in [0.15, 0.2) is 47.4 Å². The maximum Gasteiger partial charge on any atom is 0.338 e. The number of nitrogens with one attached hydrogen (secondary N) is 1. The van der Waals surface area contributed by atoms with Crippen molar-refractivity contribution in [2.24, 2.45) is 5.92 Å². The predicted octanol–water partition coefficient (Wildman–Crippen LogP) is 3.47. The second-order valence-corrected chi connectivity index (χ2v) is 9.47. The average molecular weight is 451 g/mol. The van der Waals surface area contributed by atoms with E-state index in [0.29, 0.717) is 34.7 Å². The normalized spacial score (nSPS) is 15.6. The lowest BCUT2D eigenvalue weighted by Gasteiger charge is -2.30. The molecule has 1 amide bonds. The lowest BCUT2D eigenvalue weighted by atomic mass is 9.96. The number of benzene rings is 2. The highest BCUT2D eigenvalue weighted by Crippen LogP contribution is 2.27. The Labute approximate surface area is 181 Å². The Balaban J connectivity index is 1.65. The third-order valence-electron chi connectivity index (χ3n) is 5.27. The van der Waals surface area contributed by atoms with Gasteiger partial charge in [0.05, 0.1) is 17.6 Å². The van der Waals surface area contributed by atoms with Crippen molar-refractivity contribution in [2.75, 3.05) is 25.5 Å². The van der Waals surface area contributed by atoms with E-state index in [1.807, 2.05) is 0 Å². The van der Waals surface area contributed by atoms with Crippen molar-refractivity contribution >= 4 is 39.2 Å². The Bertz CT molecular complexity index is 1050. The molecule has 0 aromatic heterocycles. The van der Waals surface area contributed by atoms with Crippen molar-refractivity contribution in [2.45, 2.75) is 24.7 Å². The number of amides is 1. The number of esters is 1. The minimum Gasteiger partial charge on any atom is -0.465 e. The predicted molar refractivity (Wildman–Crippen MR) is 114 cm³/mol. The molecule has 7 nitrogen and oxygen atoms in total. The molecule has 3 rings (SSSR count). The summed E-state index contributed by atoms with van der Waals surface area (Å²) in [5, 5.41) is 3.33. The van der Waals surface area contributed by atoms with Crippen LogP contribution in [0.5, 0.6) is 0 Å². The smallest absolute Gasteiger partial charge is 0.338 e. The molecular weight excluding hydrogens is 428 g/mol. The zero-order valence-corrected chi connectivity index (χ0v) is 18.3. The molecule has 1 heterocycles. The van der Waals surface area contributed by atoms with Gasteiger partial charge in [-0.3, -0.25) is 4.79 Å². The maximum absolute atomic E-state index is 12.8. The monoisotopic (exact) mass is 450 g/mol. The number of halogens is 1. The first-order chi connectivity index (χ1) is 14.2. The van der Waals surface area contributed by atoms with Crippen molar-refractivity contribution in [1.29, 1.82) is 0 Å². The third-order valence-corrected chi connectivity index (χ3v) is 7.44. The van der Waals surface area contributed by atoms with Crippen LogP contribution in [0.4, 0.5) is 5.69 Å². The molecule has 0 aliphatic carbocycles. The van der Waals surface area contributed by atoms with Crippen molar-refractivity contribution in [1.82, 2.24) is 4.31 Å². The molecule has 2 aromatic carbocycles. The van der Waals surface area contributed by atoms with Crippen LogP contribution in [0, 0.1) is 12.8 Å². The van der Waals surface area contributed by atoms with Gasteiger partial charge in [0.2, 0.25) is 15.9 Å². The van der Waals surface area contributed by atoms with Crippen LogP contribution in [-0.2, 0) is 19.6 Å². The van der Waals surface area contributed by atoms with Gasteiger partial charge in [0.1, 0.15) is 0 Å². The highest BCUT2D eigenvalue weighted by molar-refractivity contribution is 7.89. The first-order valence-corrected chi connectivity index (χ1v) is 11.3. The van der Waals surface area contributed by atoms with Crippen molar-refractivity contribution in [3.8, 4) is 0 Å². The molecule has 2 aromatic rings. The van der Waals surface area contributed by atoms with Gasteiger partial charge in [-0.2, -0.15) is 4.31 Å². The summed E-state index contributed by atoms with van der Waals surface area (Å²) < 4.78 is 31.7. The number of sulfonamides is 1. The van der Waals surface area contributed by atoms with Crippen molar-refractivity contribution in [3.63, 3.8) is 0 Å². The molecular formula is C21H23ClN2O5S. The fourth-order valence-electron chi connectivity index (χ4n) is 3.45. The first kappa shape index (κ1) is 22.3. The van der Waals surface area contributed by atoms with Crippen LogP contribution < -0.4 is 5.32 Å². The van der Waals surface area contributed by atoms with Gasteiger partial charge in [-0.05, 0) is 61.7 Å². The Morgan fingerprint density at radius 1 is 1.10 bits per heavy atom. The molecule has 1 saturated heterocycles. The standard InChI is InChI=1S/C21H23ClN2O5S/c1-14-18(21(26)29-2)4-3-5-19(14)23-20(25)15-10-12-24(13-11-15)30(27,28)17-8-6-16(22)7-9-17/h3-9,15H,10-13H2,1-2H3,(H,23,25). The highest BCUT2D eigenvalue weighted by atomic mass is 35.5. The number of piperidine rings is 1. The highest BCUT2D eigenvalue weighted by Gasteiger charge is 2.32. The number of rotatable bonds is 5. The van der Waals surface area contributed by atoms with Crippen LogP contribution in [0.2, 0.25) is 5.02 Å². The zero-order valence-electron chi connectivity index (χ0n) is 16.7. The van der Waals surface area contributed by atoms with Gasteiger partial charge in [-0.15, -0.1) is 0 Å². The lowest BCUT2D eigenvalue weighted by Crippen LogP contribution is -2.41. The fraction of sp³-hybridized carbons (Fsp3) is 0.333. The SMILES string of the molecule is COC(=O)c1cccc(NC(=O)C2CCN(S(=O)(=O)c3ccc(Cl)cc3)CC2)c1C. The summed E-state index contributed by atoms with van der Waals surface area (Å²) in [7, 11) is -2.32. The van der Waals surface area contributed by atoms with E-state index in [9.17, 15) is 18.0 Å². The Kier molecular flexibility index (Phi) is 6.80. The number of hydrogen-bond acceptors (Lipinski definition) is 5. The lowest BCUT2D eigenvalue weighted by molar-refractivity contribution is -0.120. The molecule has 30 heavy (non-hydrogen) atoms. The summed E-state index contributed by atoms with van der Waals surface area (Å²) in [4.78, 5) is 24.7. The Hall–Kier alpha value is -2.42. The number of hydrogen-bond donors (Lipinski definition) is 1. The van der Waals surface area contributed by atoms with E-state index >= 15 is 0 Å². The number of ether oxygens (including phenoxy) is 1. The summed E-state index contributed by atoms with van der Waals surface area (Å²) >= 11 is 5.84. The summed E-state index contributed by atoms with van der Waals surface area (Å²) in [6.45, 7) is 2.25. The molecule has 160 valence electrons. The molecule has 0 spiro atoms. The zero-order chi connectivity index (χ0) is 21.9. The second-order valence-electron chi connectivity index (χ2n) is 7.09. The van der Waals surface area contributed by atoms with Crippen LogP contribution >= 0.6 is 11.6 Å². The van der Waals surface area contributed by atoms with E-state index in [1.165, 1.54) is 23.5 Å². The Morgan fingerprint density at radius 2 is 1.73 bits per heavy atom. The van der Waals surface area contributed by atoms with Gasteiger partial charge in [0.15, 0.2) is 0 Å². The molecule has 0 atom stereocenters. The third kappa shape index (κ3) is 4.66. The molecule has 9 heteroatoms. The minimum atomic E-state index is -3.62. The molecule has 0 unspecified atom stereocenters. The average Bonchev–Trinajstić information content (AvgIpc) is 2.75. The summed E-state index contributed by atoms with van der Waals surface area (Å²) in [6, 6.07) is 11.1. The van der Waals surface area contributed by atoms with Crippen LogP contribution in [0.3, 0.4) is 0 Å². The molecule has 1 N–H and O–H groups in total. The van der Waals surface area contributed by atoms with E-state index in [-0.39, 0.29) is 29.8 Å². The van der Waals surface area contributed by atoms with Crippen LogP contribution in [-0.4, -0.2) is 44.8 Å². The quantitative estimate of drug-likeness (QED) is 0.704. The number of nitrogens with zero attached hydrogens (tertiary/aromatic N) is 1. The largest absolute Gasteiger partial charge is 0.465 e. The maximum atomic E-state index is 12.8. The molecule has 1 fully saturated rings. The topological polar surface area (TPSA) is 92.8 Å². The van der Waals surface area contributed by atoms with Gasteiger partial charge in [0, 0.05) is 29.7 Å². The van der Waals surface area contributed by atoms with Crippen LogP contribution in [0.1, 0.15) is 28.8 Å². The number of methoxy groups -OCH3 is 1. The second kappa shape index (κ2) is 9.16. The van der Waals surface area contributed by atoms with Gasteiger partial charge in [0.25, 0.3) is 0 Å². The van der Waals surface area contributed by atoms with E-state index in [1.54, 1.807) is 37.3 Å². The van der Waals surface area contributed by atoms with E-state index in [0.717, 1.165) is 0 Å². The molecule has 0 bridgehead atoms. The fourth-order valence-corrected chi connectivity index (χ4v) is 5.05. The van der Waals surface area contributed by atoms with Crippen LogP contribution in [0.25, 0.3) is 0 Å². The van der Waals surface area contributed by atoms with E-state index < -0.39 is 16.0 Å². The number of anilines is 1. The minimum absolute atomic E-state index is 0.185. The summed E-state index contributed by atoms with van der Waals surface area (Å²) in [5.41, 5.74) is 1.55. The molecule has 0 radical (unpaired) electrons. The summed E-state index contributed by atoms with van der Waals surface area (Å²) in [6.07, 6.45) is 0.822. The number of carbonyl (C=O) groups is 2. The summed E-state index contributed by atoms with van der Waals surface area (Å²) in [5.74, 6) is -0.976. The molecule has 1 aliphatic heterocycles. The van der Waals surface area contributed by atoms with Gasteiger partial charge in [-0.1, -0.05) is 17.7 Å². The van der Waals surface area contributed by atoms with Gasteiger partial charge < -0.3 is 10.1 Å². The Morgan fingerprint density at radius 3 is 2.33 bits per heavy atom. The van der Waals surface area contributed by atoms with E-state index in [2.05, 4.69) is 5.32 Å². The number of carbonyl (C=O) groups excluding carboxylic acids is 2. The van der Waals surface area contributed by atoms with Gasteiger partial charge in [-0.25, -0.2) is 13.2 Å². The van der Waals surface area contributed by atoms with Crippen molar-refractivity contribution < 1.29 is 22.7 Å². The van der Waals surface area contributed by atoms with Crippen molar-refractivity contribution in [3.05, 3.63) is 58.6 Å². The molecule has 0 saturated carbocycles. The molecule has 1 aliphatic rings. The van der Waals surface area contributed by atoms with E-state index in [4.69, 9.17) is 16.3 Å².